The minimum Gasteiger partial charge on any atom is -0.488 e. The first-order valence-corrected chi connectivity index (χ1v) is 12.2. The molecule has 190 valence electrons. The fourth-order valence-electron chi connectivity index (χ4n) is 4.45. The lowest BCUT2D eigenvalue weighted by molar-refractivity contribution is -0.134. The van der Waals surface area contributed by atoms with Gasteiger partial charge in [0, 0.05) is 36.8 Å². The number of carbonyl (C=O) groups excluding carboxylic acids is 2. The van der Waals surface area contributed by atoms with Crippen LogP contribution in [0.2, 0.25) is 0 Å². The van der Waals surface area contributed by atoms with Crippen molar-refractivity contribution in [2.75, 3.05) is 38.6 Å². The van der Waals surface area contributed by atoms with Gasteiger partial charge in [0.15, 0.2) is 0 Å². The van der Waals surface area contributed by atoms with Crippen LogP contribution in [0.5, 0.6) is 5.75 Å². The predicted molar refractivity (Wildman–Crippen MR) is 129 cm³/mol. The van der Waals surface area contributed by atoms with Gasteiger partial charge < -0.3 is 25.0 Å². The average molecular weight is 486 g/mol. The summed E-state index contributed by atoms with van der Waals surface area (Å²) in [7, 11) is 2.12. The van der Waals surface area contributed by atoms with Crippen LogP contribution in [0.15, 0.2) is 24.5 Å². The fourth-order valence-corrected chi connectivity index (χ4v) is 4.45. The Morgan fingerprint density at radius 2 is 2.14 bits per heavy atom. The van der Waals surface area contributed by atoms with Crippen molar-refractivity contribution in [2.45, 2.75) is 51.8 Å². The first-order chi connectivity index (χ1) is 16.8. The molecule has 2 heterocycles. The van der Waals surface area contributed by atoms with Gasteiger partial charge in [-0.15, -0.1) is 5.10 Å². The van der Waals surface area contributed by atoms with E-state index in [1.165, 1.54) is 23.9 Å². The summed E-state index contributed by atoms with van der Waals surface area (Å²) in [6, 6.07) is 5.09. The second kappa shape index (κ2) is 11.1. The molecule has 1 aromatic heterocycles. The summed E-state index contributed by atoms with van der Waals surface area (Å²) in [5, 5.41) is 23.4. The van der Waals surface area contributed by atoms with Crippen molar-refractivity contribution in [3.63, 3.8) is 0 Å². The molecular weight excluding hydrogens is 450 g/mol. The summed E-state index contributed by atoms with van der Waals surface area (Å²) in [6.07, 6.45) is 3.93. The van der Waals surface area contributed by atoms with Crippen molar-refractivity contribution >= 4 is 17.5 Å². The highest BCUT2D eigenvalue weighted by Gasteiger charge is 2.32. The molecule has 1 aromatic carbocycles. The van der Waals surface area contributed by atoms with Gasteiger partial charge >= 0.3 is 0 Å². The van der Waals surface area contributed by atoms with E-state index >= 15 is 0 Å². The Bertz CT molecular complexity index is 1010. The number of fused-ring (bicyclic) bond motifs is 1. The van der Waals surface area contributed by atoms with Crippen LogP contribution in [0.3, 0.4) is 0 Å². The van der Waals surface area contributed by atoms with E-state index in [0.717, 1.165) is 19.0 Å². The molecule has 11 nitrogen and oxygen atoms in total. The topological polar surface area (TPSA) is 126 Å². The van der Waals surface area contributed by atoms with E-state index in [1.54, 1.807) is 17.0 Å². The molecule has 11 heteroatoms. The molecule has 1 aliphatic heterocycles. The zero-order chi connectivity index (χ0) is 24.9. The highest BCUT2D eigenvalue weighted by molar-refractivity contribution is 5.91. The Kier molecular flexibility index (Phi) is 7.97. The summed E-state index contributed by atoms with van der Waals surface area (Å²) < 4.78 is 7.86. The van der Waals surface area contributed by atoms with Crippen molar-refractivity contribution in [3.05, 3.63) is 30.1 Å². The molecule has 2 aliphatic rings. The highest BCUT2D eigenvalue weighted by Crippen LogP contribution is 2.31. The third kappa shape index (κ3) is 6.76. The molecule has 0 radical (unpaired) electrons. The summed E-state index contributed by atoms with van der Waals surface area (Å²) >= 11 is 0. The smallest absolute Gasteiger partial charge is 0.246 e. The summed E-state index contributed by atoms with van der Waals surface area (Å²) in [5.41, 5.74) is 1.27. The fraction of sp³-hybridized carbons (Fsp3) is 0.625. The third-order valence-corrected chi connectivity index (χ3v) is 6.66. The molecule has 1 aliphatic carbocycles. The maximum atomic E-state index is 13.3. The lowest BCUT2D eigenvalue weighted by Crippen LogP contribution is -2.47. The maximum Gasteiger partial charge on any atom is 0.246 e. The Morgan fingerprint density at radius 1 is 1.34 bits per heavy atom. The lowest BCUT2D eigenvalue weighted by atomic mass is 10.0. The molecule has 0 bridgehead atoms. The van der Waals surface area contributed by atoms with E-state index in [-0.39, 0.29) is 49.5 Å². The van der Waals surface area contributed by atoms with Crippen molar-refractivity contribution in [2.24, 2.45) is 11.8 Å². The average Bonchev–Trinajstić information content (AvgIpc) is 3.47. The van der Waals surface area contributed by atoms with Crippen molar-refractivity contribution in [1.82, 2.24) is 30.0 Å². The molecule has 1 saturated carbocycles. The van der Waals surface area contributed by atoms with E-state index in [9.17, 15) is 14.7 Å². The van der Waals surface area contributed by atoms with Crippen LogP contribution >= 0.6 is 0 Å². The molecule has 2 N–H and O–H groups in total. The SMILES string of the molecule is C[C@@H]1CN([C@@H](C)CO)C(=O)Cc2cc(NC(=O)Cn3cnnn3)ccc2O[C@@H]1CN(C)CC1CC1. The summed E-state index contributed by atoms with van der Waals surface area (Å²) in [6.45, 7) is 6.12. The van der Waals surface area contributed by atoms with Gasteiger partial charge in [0.05, 0.1) is 19.1 Å². The van der Waals surface area contributed by atoms with Gasteiger partial charge in [-0.05, 0) is 61.4 Å². The number of aliphatic hydroxyl groups is 1. The van der Waals surface area contributed by atoms with Gasteiger partial charge in [0.2, 0.25) is 11.8 Å². The van der Waals surface area contributed by atoms with Crippen molar-refractivity contribution in [1.29, 1.82) is 0 Å². The number of hydrogen-bond donors (Lipinski definition) is 2. The minimum absolute atomic E-state index is 0.0196. The number of benzene rings is 1. The van der Waals surface area contributed by atoms with Crippen LogP contribution in [0.4, 0.5) is 5.69 Å². The largest absolute Gasteiger partial charge is 0.488 e. The van der Waals surface area contributed by atoms with Gasteiger partial charge in [0.1, 0.15) is 24.7 Å². The monoisotopic (exact) mass is 485 g/mol. The van der Waals surface area contributed by atoms with Gasteiger partial charge in [-0.1, -0.05) is 6.92 Å². The van der Waals surface area contributed by atoms with E-state index in [2.05, 4.69) is 39.7 Å². The Morgan fingerprint density at radius 3 is 2.83 bits per heavy atom. The van der Waals surface area contributed by atoms with Crippen LogP contribution in [0, 0.1) is 11.8 Å². The first-order valence-electron chi connectivity index (χ1n) is 12.2. The molecule has 35 heavy (non-hydrogen) atoms. The molecule has 0 spiro atoms. The van der Waals surface area contributed by atoms with Crippen molar-refractivity contribution in [3.8, 4) is 5.75 Å². The predicted octanol–water partition coefficient (Wildman–Crippen LogP) is 0.803. The Labute approximate surface area is 205 Å². The molecule has 0 unspecified atom stereocenters. The summed E-state index contributed by atoms with van der Waals surface area (Å²) in [4.78, 5) is 29.8. The Hall–Kier alpha value is -3.05. The number of nitrogens with zero attached hydrogens (tertiary/aromatic N) is 6. The maximum absolute atomic E-state index is 13.3. The Balaban J connectivity index is 1.56. The molecular formula is C24H35N7O4. The van der Waals surface area contributed by atoms with E-state index in [4.69, 9.17) is 4.74 Å². The molecule has 1 fully saturated rings. The number of ether oxygens (including phenoxy) is 1. The number of aromatic nitrogens is 4. The molecule has 2 aromatic rings. The number of tetrazole rings is 1. The number of nitrogens with one attached hydrogen (secondary N) is 1. The summed E-state index contributed by atoms with van der Waals surface area (Å²) in [5.74, 6) is 1.12. The number of rotatable bonds is 9. The van der Waals surface area contributed by atoms with Crippen LogP contribution in [0.25, 0.3) is 0 Å². The lowest BCUT2D eigenvalue weighted by Gasteiger charge is -2.34. The minimum atomic E-state index is -0.296. The van der Waals surface area contributed by atoms with E-state index < -0.39 is 0 Å². The van der Waals surface area contributed by atoms with Gasteiger partial charge in [-0.25, -0.2) is 4.68 Å². The first kappa shape index (κ1) is 25.1. The number of likely N-dealkylation sites (N-methyl/N-ethyl adjacent to an activating group) is 1. The number of anilines is 1. The molecule has 2 amide bonds. The standard InChI is InChI=1S/C24H35N7O4/c1-16-10-31(17(2)14-32)24(34)9-19-8-20(26-23(33)13-30-15-25-27-28-30)6-7-21(19)35-22(16)12-29(3)11-18-4-5-18/h6-8,15-18,22,32H,4-5,9-14H2,1-3H3,(H,26,33)/t16-,17+,22-/m1/s1. The molecule has 0 saturated heterocycles. The number of hydrogen-bond acceptors (Lipinski definition) is 8. The van der Waals surface area contributed by atoms with E-state index in [0.29, 0.717) is 23.5 Å². The van der Waals surface area contributed by atoms with Crippen LogP contribution in [-0.2, 0) is 22.6 Å². The molecule has 4 rings (SSSR count). The number of aliphatic hydroxyl groups excluding tert-OH is 1. The molecule has 3 atom stereocenters. The van der Waals surface area contributed by atoms with Gasteiger partial charge in [-0.3, -0.25) is 9.59 Å². The van der Waals surface area contributed by atoms with Crippen LogP contribution in [0.1, 0.15) is 32.3 Å². The zero-order valence-corrected chi connectivity index (χ0v) is 20.6. The third-order valence-electron chi connectivity index (χ3n) is 6.66. The van der Waals surface area contributed by atoms with Gasteiger partial charge in [0.25, 0.3) is 0 Å². The number of carbonyl (C=O) groups is 2. The quantitative estimate of drug-likeness (QED) is 0.534. The van der Waals surface area contributed by atoms with Crippen molar-refractivity contribution < 1.29 is 19.4 Å². The normalized spacial score (nSPS) is 21.5. The van der Waals surface area contributed by atoms with Crippen LogP contribution in [-0.4, -0.2) is 92.4 Å². The second-order valence-corrected chi connectivity index (χ2v) is 9.93. The van der Waals surface area contributed by atoms with E-state index in [1.807, 2.05) is 13.0 Å². The zero-order valence-electron chi connectivity index (χ0n) is 20.6. The van der Waals surface area contributed by atoms with Crippen LogP contribution < -0.4 is 10.1 Å². The second-order valence-electron chi connectivity index (χ2n) is 9.93. The van der Waals surface area contributed by atoms with Gasteiger partial charge in [-0.2, -0.15) is 0 Å². The highest BCUT2D eigenvalue weighted by atomic mass is 16.5. The number of amides is 2.